The average molecular weight is 374 g/mol. The fourth-order valence-electron chi connectivity index (χ4n) is 4.71. The maximum absolute atomic E-state index is 12.5. The fraction of sp³-hybridized carbons (Fsp3) is 0.789. The van der Waals surface area contributed by atoms with E-state index in [0.29, 0.717) is 25.7 Å². The van der Waals surface area contributed by atoms with Gasteiger partial charge in [-0.15, -0.1) is 10.2 Å². The van der Waals surface area contributed by atoms with Crippen molar-refractivity contribution < 1.29 is 9.59 Å². The maximum Gasteiger partial charge on any atom is 0.234 e. The molecule has 3 heterocycles. The summed E-state index contributed by atoms with van der Waals surface area (Å²) in [5.74, 6) is 2.02. The van der Waals surface area contributed by atoms with Crippen LogP contribution in [0, 0.1) is 0 Å². The number of rotatable bonds is 4. The van der Waals surface area contributed by atoms with Gasteiger partial charge in [0.2, 0.25) is 11.8 Å². The number of amides is 2. The fourth-order valence-corrected chi connectivity index (χ4v) is 4.71. The zero-order chi connectivity index (χ0) is 18.8. The second kappa shape index (κ2) is 7.96. The molecule has 2 fully saturated rings. The minimum absolute atomic E-state index is 0.0766. The molecule has 4 rings (SSSR count). The van der Waals surface area contributed by atoms with Crippen LogP contribution in [0.1, 0.15) is 69.6 Å². The number of hydrogen-bond donors (Lipinski definition) is 1. The average Bonchev–Trinajstić information content (AvgIpc) is 3.28. The molecule has 0 radical (unpaired) electrons. The van der Waals surface area contributed by atoms with Gasteiger partial charge in [0.1, 0.15) is 0 Å². The highest BCUT2D eigenvalue weighted by atomic mass is 16.2. The van der Waals surface area contributed by atoms with Crippen LogP contribution >= 0.6 is 0 Å². The summed E-state index contributed by atoms with van der Waals surface area (Å²) in [4.78, 5) is 28.2. The Morgan fingerprint density at radius 2 is 1.85 bits per heavy atom. The van der Waals surface area contributed by atoms with Crippen molar-refractivity contribution in [1.29, 1.82) is 0 Å². The number of carbonyl (C=O) groups is 2. The number of fused-ring (bicyclic) bond motifs is 1. The Bertz CT molecular complexity index is 696. The van der Waals surface area contributed by atoms with Crippen molar-refractivity contribution in [1.82, 2.24) is 29.9 Å². The van der Waals surface area contributed by atoms with Crippen LogP contribution in [-0.2, 0) is 22.7 Å². The number of nitrogens with zero attached hydrogens (tertiary/aromatic N) is 5. The van der Waals surface area contributed by atoms with E-state index in [0.717, 1.165) is 50.4 Å². The molecular formula is C19H30N6O2. The van der Waals surface area contributed by atoms with Crippen LogP contribution in [0.25, 0.3) is 0 Å². The molecule has 27 heavy (non-hydrogen) atoms. The Morgan fingerprint density at radius 3 is 2.63 bits per heavy atom. The predicted molar refractivity (Wildman–Crippen MR) is 99.7 cm³/mol. The van der Waals surface area contributed by atoms with Gasteiger partial charge in [0, 0.05) is 26.1 Å². The predicted octanol–water partition coefficient (Wildman–Crippen LogP) is 1.23. The number of nitrogens with one attached hydrogen (secondary N) is 1. The number of carbonyl (C=O) groups excluding carboxylic acids is 2. The van der Waals surface area contributed by atoms with E-state index in [4.69, 9.17) is 0 Å². The highest BCUT2D eigenvalue weighted by Gasteiger charge is 2.34. The van der Waals surface area contributed by atoms with E-state index in [1.807, 2.05) is 0 Å². The minimum Gasteiger partial charge on any atom is -0.352 e. The summed E-state index contributed by atoms with van der Waals surface area (Å²) < 4.78 is 2.15. The van der Waals surface area contributed by atoms with Crippen LogP contribution in [-0.4, -0.2) is 62.1 Å². The van der Waals surface area contributed by atoms with Gasteiger partial charge in [0.05, 0.1) is 19.1 Å². The summed E-state index contributed by atoms with van der Waals surface area (Å²) in [6, 6.07) is 0.498. The normalized spacial score (nSPS) is 24.0. The van der Waals surface area contributed by atoms with E-state index in [1.54, 1.807) is 11.8 Å². The van der Waals surface area contributed by atoms with Crippen LogP contribution < -0.4 is 5.32 Å². The zero-order valence-electron chi connectivity index (χ0n) is 16.2. The van der Waals surface area contributed by atoms with Gasteiger partial charge >= 0.3 is 0 Å². The summed E-state index contributed by atoms with van der Waals surface area (Å²) in [5.41, 5.74) is 0. The molecule has 1 saturated heterocycles. The largest absolute Gasteiger partial charge is 0.352 e. The third kappa shape index (κ3) is 4.00. The Labute approximate surface area is 160 Å². The van der Waals surface area contributed by atoms with Crippen molar-refractivity contribution in [2.24, 2.45) is 0 Å². The second-order valence-electron chi connectivity index (χ2n) is 8.10. The van der Waals surface area contributed by atoms with Gasteiger partial charge in [-0.05, 0) is 32.2 Å². The molecule has 8 heteroatoms. The summed E-state index contributed by atoms with van der Waals surface area (Å²) >= 11 is 0. The van der Waals surface area contributed by atoms with Crippen LogP contribution in [0.3, 0.4) is 0 Å². The third-order valence-electron chi connectivity index (χ3n) is 6.21. The lowest BCUT2D eigenvalue weighted by molar-refractivity contribution is -0.130. The Balaban J connectivity index is 1.40. The molecule has 0 unspecified atom stereocenters. The molecule has 1 N–H and O–H groups in total. The van der Waals surface area contributed by atoms with Crippen LogP contribution in [0.2, 0.25) is 0 Å². The van der Waals surface area contributed by atoms with E-state index in [-0.39, 0.29) is 17.9 Å². The third-order valence-corrected chi connectivity index (χ3v) is 6.21. The van der Waals surface area contributed by atoms with Gasteiger partial charge in [-0.1, -0.05) is 19.3 Å². The molecule has 0 spiro atoms. The standard InChI is InChI=1S/C19H30N6O2/c1-14(26)23-10-11-25-17(12-23)21-22-19(25)16-8-5-9-24(16)13-18(27)20-15-6-3-2-4-7-15/h15-16H,2-13H2,1H3,(H,20,27)/t16-/m0/s1. The highest BCUT2D eigenvalue weighted by molar-refractivity contribution is 5.78. The number of hydrogen-bond acceptors (Lipinski definition) is 5. The molecule has 2 amide bonds. The lowest BCUT2D eigenvalue weighted by Gasteiger charge is -2.29. The summed E-state index contributed by atoms with van der Waals surface area (Å²) in [6.45, 7) is 4.90. The van der Waals surface area contributed by atoms with E-state index in [2.05, 4.69) is 25.0 Å². The molecule has 1 aliphatic carbocycles. The molecule has 0 bridgehead atoms. The van der Waals surface area contributed by atoms with Gasteiger partial charge in [-0.3, -0.25) is 14.5 Å². The smallest absolute Gasteiger partial charge is 0.234 e. The lowest BCUT2D eigenvalue weighted by Crippen LogP contribution is -2.43. The van der Waals surface area contributed by atoms with Gasteiger partial charge in [-0.2, -0.15) is 0 Å². The topological polar surface area (TPSA) is 83.4 Å². The molecule has 3 aliphatic rings. The van der Waals surface area contributed by atoms with Crippen LogP contribution in [0.4, 0.5) is 0 Å². The van der Waals surface area contributed by atoms with Crippen molar-refractivity contribution in [3.05, 3.63) is 11.6 Å². The molecule has 1 saturated carbocycles. The first-order chi connectivity index (χ1) is 13.1. The van der Waals surface area contributed by atoms with E-state index in [1.165, 1.54) is 19.3 Å². The van der Waals surface area contributed by atoms with Gasteiger partial charge in [-0.25, -0.2) is 0 Å². The van der Waals surface area contributed by atoms with Crippen LogP contribution in [0.5, 0.6) is 0 Å². The van der Waals surface area contributed by atoms with E-state index in [9.17, 15) is 9.59 Å². The van der Waals surface area contributed by atoms with E-state index >= 15 is 0 Å². The SMILES string of the molecule is CC(=O)N1CCn2c(nnc2[C@@H]2CCCN2CC(=O)NC2CCCCC2)C1. The van der Waals surface area contributed by atoms with Crippen molar-refractivity contribution >= 4 is 11.8 Å². The summed E-state index contributed by atoms with van der Waals surface area (Å²) in [7, 11) is 0. The Hall–Kier alpha value is -1.96. The molecule has 0 aromatic carbocycles. The highest BCUT2D eigenvalue weighted by Crippen LogP contribution is 2.31. The first kappa shape index (κ1) is 18.4. The molecule has 8 nitrogen and oxygen atoms in total. The van der Waals surface area contributed by atoms with Crippen molar-refractivity contribution in [3.63, 3.8) is 0 Å². The van der Waals surface area contributed by atoms with Crippen molar-refractivity contribution in [2.75, 3.05) is 19.6 Å². The van der Waals surface area contributed by atoms with Crippen LogP contribution in [0.15, 0.2) is 0 Å². The Kier molecular flexibility index (Phi) is 5.43. The first-order valence-corrected chi connectivity index (χ1v) is 10.3. The molecular weight excluding hydrogens is 344 g/mol. The lowest BCUT2D eigenvalue weighted by atomic mass is 9.95. The monoisotopic (exact) mass is 374 g/mol. The zero-order valence-corrected chi connectivity index (χ0v) is 16.2. The molecule has 1 atom stereocenters. The van der Waals surface area contributed by atoms with Gasteiger partial charge < -0.3 is 14.8 Å². The quantitative estimate of drug-likeness (QED) is 0.857. The van der Waals surface area contributed by atoms with Crippen molar-refractivity contribution in [3.8, 4) is 0 Å². The van der Waals surface area contributed by atoms with Crippen molar-refractivity contribution in [2.45, 2.75) is 77.0 Å². The maximum atomic E-state index is 12.5. The number of aromatic nitrogens is 3. The summed E-state index contributed by atoms with van der Waals surface area (Å²) in [5, 5.41) is 12.0. The molecule has 2 aliphatic heterocycles. The van der Waals surface area contributed by atoms with Gasteiger partial charge in [0.25, 0.3) is 0 Å². The molecule has 1 aromatic heterocycles. The van der Waals surface area contributed by atoms with Gasteiger partial charge in [0.15, 0.2) is 11.6 Å². The summed E-state index contributed by atoms with van der Waals surface area (Å²) in [6.07, 6.45) is 8.04. The molecule has 148 valence electrons. The first-order valence-electron chi connectivity index (χ1n) is 10.3. The van der Waals surface area contributed by atoms with E-state index < -0.39 is 0 Å². The number of likely N-dealkylation sites (tertiary alicyclic amines) is 1. The molecule has 1 aromatic rings. The second-order valence-corrected chi connectivity index (χ2v) is 8.10. The Morgan fingerprint density at radius 1 is 1.04 bits per heavy atom. The minimum atomic E-state index is 0.0766.